The molecule has 5 heteroatoms. The molecule has 0 fully saturated rings. The number of esters is 1. The zero-order valence-corrected chi connectivity index (χ0v) is 9.48. The van der Waals surface area contributed by atoms with Gasteiger partial charge in [0, 0.05) is 5.56 Å². The SMILES string of the molecule is CCOC(=O)c1sc2c(c1C)CN=CN2. The lowest BCUT2D eigenvalue weighted by Crippen LogP contribution is -2.04. The highest BCUT2D eigenvalue weighted by atomic mass is 32.1. The number of thiophene rings is 1. The molecule has 0 aromatic carbocycles. The number of hydrogen-bond acceptors (Lipinski definition) is 5. The zero-order valence-electron chi connectivity index (χ0n) is 8.66. The van der Waals surface area contributed by atoms with E-state index in [1.807, 2.05) is 13.8 Å². The molecule has 0 atom stereocenters. The standard InChI is InChI=1S/C10H12N2O2S/c1-3-14-10(13)8-6(2)7-4-11-5-12-9(7)15-8/h5H,3-4H2,1-2H3,(H,11,12). The summed E-state index contributed by atoms with van der Waals surface area (Å²) in [7, 11) is 0. The highest BCUT2D eigenvalue weighted by Gasteiger charge is 2.21. The van der Waals surface area contributed by atoms with Gasteiger partial charge in [-0.05, 0) is 19.4 Å². The molecule has 1 aliphatic heterocycles. The number of nitrogens with zero attached hydrogens (tertiary/aromatic N) is 1. The van der Waals surface area contributed by atoms with E-state index < -0.39 is 0 Å². The maximum absolute atomic E-state index is 11.6. The van der Waals surface area contributed by atoms with Crippen molar-refractivity contribution in [1.29, 1.82) is 0 Å². The Hall–Kier alpha value is -1.36. The molecule has 0 amide bonds. The molecule has 4 nitrogen and oxygen atoms in total. The Morgan fingerprint density at radius 3 is 3.20 bits per heavy atom. The van der Waals surface area contributed by atoms with Crippen LogP contribution in [0.25, 0.3) is 0 Å². The summed E-state index contributed by atoms with van der Waals surface area (Å²) in [5.41, 5.74) is 2.09. The number of ether oxygens (including phenoxy) is 1. The maximum atomic E-state index is 11.6. The number of rotatable bonds is 2. The number of fused-ring (bicyclic) bond motifs is 1. The van der Waals surface area contributed by atoms with Gasteiger partial charge in [0.25, 0.3) is 0 Å². The molecule has 1 aromatic heterocycles. The Kier molecular flexibility index (Phi) is 2.73. The molecule has 0 saturated heterocycles. The third kappa shape index (κ3) is 1.74. The molecular weight excluding hydrogens is 212 g/mol. The van der Waals surface area contributed by atoms with Crippen molar-refractivity contribution in [3.05, 3.63) is 16.0 Å². The van der Waals surface area contributed by atoms with E-state index >= 15 is 0 Å². The molecule has 1 aromatic rings. The molecule has 15 heavy (non-hydrogen) atoms. The maximum Gasteiger partial charge on any atom is 0.348 e. The van der Waals surface area contributed by atoms with E-state index in [0.29, 0.717) is 18.0 Å². The van der Waals surface area contributed by atoms with Crippen molar-refractivity contribution < 1.29 is 9.53 Å². The minimum atomic E-state index is -0.240. The van der Waals surface area contributed by atoms with Crippen molar-refractivity contribution >= 4 is 28.6 Å². The number of aliphatic imine (C=N–C) groups is 1. The fourth-order valence-corrected chi connectivity index (χ4v) is 2.56. The van der Waals surface area contributed by atoms with E-state index in [4.69, 9.17) is 4.74 Å². The lowest BCUT2D eigenvalue weighted by atomic mass is 10.1. The zero-order chi connectivity index (χ0) is 10.8. The molecule has 80 valence electrons. The number of nitrogens with one attached hydrogen (secondary N) is 1. The van der Waals surface area contributed by atoms with Crippen LogP contribution in [0.5, 0.6) is 0 Å². The van der Waals surface area contributed by atoms with Crippen LogP contribution in [0.3, 0.4) is 0 Å². The second-order valence-electron chi connectivity index (χ2n) is 3.20. The van der Waals surface area contributed by atoms with Crippen LogP contribution in [0.4, 0.5) is 5.00 Å². The molecule has 0 spiro atoms. The van der Waals surface area contributed by atoms with Crippen molar-refractivity contribution in [2.75, 3.05) is 11.9 Å². The van der Waals surface area contributed by atoms with Crippen LogP contribution in [0.15, 0.2) is 4.99 Å². The van der Waals surface area contributed by atoms with E-state index in [0.717, 1.165) is 16.1 Å². The quantitative estimate of drug-likeness (QED) is 0.783. The fraction of sp³-hybridized carbons (Fsp3) is 0.400. The first-order valence-corrected chi connectivity index (χ1v) is 5.60. The third-order valence-electron chi connectivity index (χ3n) is 2.27. The lowest BCUT2D eigenvalue weighted by molar-refractivity contribution is 0.0531. The summed E-state index contributed by atoms with van der Waals surface area (Å²) in [6.07, 6.45) is 1.66. The van der Waals surface area contributed by atoms with Gasteiger partial charge in [0.15, 0.2) is 0 Å². The van der Waals surface area contributed by atoms with Crippen molar-refractivity contribution in [3.8, 4) is 0 Å². The minimum absolute atomic E-state index is 0.240. The first-order valence-electron chi connectivity index (χ1n) is 4.78. The highest BCUT2D eigenvalue weighted by molar-refractivity contribution is 7.18. The molecule has 0 saturated carbocycles. The summed E-state index contributed by atoms with van der Waals surface area (Å²) < 4.78 is 4.99. The number of hydrogen-bond donors (Lipinski definition) is 1. The molecule has 1 N–H and O–H groups in total. The second-order valence-corrected chi connectivity index (χ2v) is 4.22. The normalized spacial score (nSPS) is 13.2. The second kappa shape index (κ2) is 4.02. The Labute approximate surface area is 92.0 Å². The molecule has 0 bridgehead atoms. The molecule has 0 unspecified atom stereocenters. The first-order chi connectivity index (χ1) is 7.24. The van der Waals surface area contributed by atoms with Gasteiger partial charge in [0.1, 0.15) is 4.88 Å². The molecular formula is C10H12N2O2S. The van der Waals surface area contributed by atoms with Gasteiger partial charge in [-0.25, -0.2) is 4.79 Å². The first kappa shape index (κ1) is 10.2. The lowest BCUT2D eigenvalue weighted by Gasteiger charge is -2.06. The number of carbonyl (C=O) groups is 1. The predicted octanol–water partition coefficient (Wildman–Crippen LogP) is 2.19. The van der Waals surface area contributed by atoms with E-state index in [2.05, 4.69) is 10.3 Å². The van der Waals surface area contributed by atoms with Crippen LogP contribution in [-0.2, 0) is 11.3 Å². The summed E-state index contributed by atoms with van der Waals surface area (Å²) in [6.45, 7) is 4.79. The Balaban J connectivity index is 2.34. The largest absolute Gasteiger partial charge is 0.462 e. The smallest absolute Gasteiger partial charge is 0.348 e. The van der Waals surface area contributed by atoms with Crippen molar-refractivity contribution in [1.82, 2.24) is 0 Å². The van der Waals surface area contributed by atoms with Crippen LogP contribution < -0.4 is 5.32 Å². The summed E-state index contributed by atoms with van der Waals surface area (Å²) in [4.78, 5) is 16.4. The van der Waals surface area contributed by atoms with E-state index in [1.165, 1.54) is 11.3 Å². The number of carbonyl (C=O) groups excluding carboxylic acids is 1. The molecule has 2 rings (SSSR count). The Morgan fingerprint density at radius 2 is 2.53 bits per heavy atom. The van der Waals surface area contributed by atoms with Crippen LogP contribution in [0.2, 0.25) is 0 Å². The van der Waals surface area contributed by atoms with Crippen LogP contribution in [0, 0.1) is 6.92 Å². The summed E-state index contributed by atoms with van der Waals surface area (Å²) in [5.74, 6) is -0.240. The van der Waals surface area contributed by atoms with Gasteiger partial charge in [0.2, 0.25) is 0 Å². The minimum Gasteiger partial charge on any atom is -0.462 e. The van der Waals surface area contributed by atoms with E-state index in [1.54, 1.807) is 6.34 Å². The average Bonchev–Trinajstić information content (AvgIpc) is 2.57. The third-order valence-corrected chi connectivity index (χ3v) is 3.51. The molecule has 1 aliphatic rings. The highest BCUT2D eigenvalue weighted by Crippen LogP contribution is 2.34. The van der Waals surface area contributed by atoms with Gasteiger partial charge in [-0.1, -0.05) is 0 Å². The van der Waals surface area contributed by atoms with Gasteiger partial charge < -0.3 is 10.1 Å². The molecule has 0 radical (unpaired) electrons. The van der Waals surface area contributed by atoms with Gasteiger partial charge in [-0.2, -0.15) is 0 Å². The van der Waals surface area contributed by atoms with Gasteiger partial charge in [0.05, 0.1) is 24.5 Å². The van der Waals surface area contributed by atoms with Gasteiger partial charge in [-0.15, -0.1) is 11.3 Å². The van der Waals surface area contributed by atoms with Crippen LogP contribution in [-0.4, -0.2) is 18.9 Å². The van der Waals surface area contributed by atoms with E-state index in [9.17, 15) is 4.79 Å². The summed E-state index contributed by atoms with van der Waals surface area (Å²) in [5, 5.41) is 4.05. The van der Waals surface area contributed by atoms with Gasteiger partial charge >= 0.3 is 5.97 Å². The van der Waals surface area contributed by atoms with Crippen LogP contribution in [0.1, 0.15) is 27.7 Å². The van der Waals surface area contributed by atoms with Crippen molar-refractivity contribution in [3.63, 3.8) is 0 Å². The molecule has 0 aliphatic carbocycles. The van der Waals surface area contributed by atoms with Crippen LogP contribution >= 0.6 is 11.3 Å². The monoisotopic (exact) mass is 224 g/mol. The topological polar surface area (TPSA) is 50.7 Å². The Bertz CT molecular complexity index is 423. The predicted molar refractivity (Wildman–Crippen MR) is 60.8 cm³/mol. The Morgan fingerprint density at radius 1 is 1.73 bits per heavy atom. The van der Waals surface area contributed by atoms with Crippen molar-refractivity contribution in [2.24, 2.45) is 4.99 Å². The summed E-state index contributed by atoms with van der Waals surface area (Å²) >= 11 is 1.43. The number of anilines is 1. The summed E-state index contributed by atoms with van der Waals surface area (Å²) in [6, 6.07) is 0. The molecule has 2 heterocycles. The van der Waals surface area contributed by atoms with Gasteiger partial charge in [-0.3, -0.25) is 4.99 Å². The fourth-order valence-electron chi connectivity index (χ4n) is 1.49. The average molecular weight is 224 g/mol. The van der Waals surface area contributed by atoms with E-state index in [-0.39, 0.29) is 5.97 Å². The van der Waals surface area contributed by atoms with Crippen molar-refractivity contribution in [2.45, 2.75) is 20.4 Å².